The molecule has 31 heavy (non-hydrogen) atoms. The summed E-state index contributed by atoms with van der Waals surface area (Å²) in [5, 5.41) is 1.71. The van der Waals surface area contributed by atoms with Crippen molar-refractivity contribution in [1.29, 1.82) is 0 Å². The molecule has 0 bridgehead atoms. The van der Waals surface area contributed by atoms with Crippen LogP contribution in [0.25, 0.3) is 0 Å². The van der Waals surface area contributed by atoms with Gasteiger partial charge in [-0.15, -0.1) is 23.4 Å². The Balaban J connectivity index is 1.56. The standard InChI is InChI=1S/C24H20ClFN2O2S/c1-15-10-11-19(13-20(15)26)28-21(29)14-31-24(28)17-8-5-9-18(12-17)27-23(30)22(25)16-6-3-2-4-7-16/h2-13,22,24H,14H2,1H3,(H,27,30)/t22-,24+/m0/s1. The molecule has 1 aliphatic rings. The molecule has 0 aromatic heterocycles. The molecule has 3 aromatic rings. The number of aryl methyl sites for hydroxylation is 1. The van der Waals surface area contributed by atoms with Crippen molar-refractivity contribution in [3.8, 4) is 0 Å². The van der Waals surface area contributed by atoms with Crippen LogP contribution in [0.1, 0.15) is 27.4 Å². The predicted molar refractivity (Wildman–Crippen MR) is 124 cm³/mol. The van der Waals surface area contributed by atoms with Crippen molar-refractivity contribution in [2.75, 3.05) is 16.0 Å². The van der Waals surface area contributed by atoms with Crippen LogP contribution in [0.5, 0.6) is 0 Å². The van der Waals surface area contributed by atoms with E-state index in [0.717, 1.165) is 5.56 Å². The molecule has 1 aliphatic heterocycles. The molecule has 0 saturated carbocycles. The number of benzene rings is 3. The summed E-state index contributed by atoms with van der Waals surface area (Å²) >= 11 is 7.78. The van der Waals surface area contributed by atoms with Gasteiger partial charge in [-0.1, -0.05) is 48.5 Å². The highest BCUT2D eigenvalue weighted by Gasteiger charge is 2.34. The molecule has 1 N–H and O–H groups in total. The van der Waals surface area contributed by atoms with Gasteiger partial charge in [-0.25, -0.2) is 4.39 Å². The average Bonchev–Trinajstić information content (AvgIpc) is 3.17. The molecular formula is C24H20ClFN2O2S. The molecule has 1 saturated heterocycles. The number of hydrogen-bond donors (Lipinski definition) is 1. The lowest BCUT2D eigenvalue weighted by molar-refractivity contribution is -0.116. The van der Waals surface area contributed by atoms with Gasteiger partial charge in [0.1, 0.15) is 16.6 Å². The summed E-state index contributed by atoms with van der Waals surface area (Å²) in [5.74, 6) is -0.472. The number of carbonyl (C=O) groups is 2. The van der Waals surface area contributed by atoms with Crippen LogP contribution in [0.4, 0.5) is 15.8 Å². The SMILES string of the molecule is Cc1ccc(N2C(=O)CS[C@@H]2c2cccc(NC(=O)[C@@H](Cl)c3ccccc3)c2)cc1F. The van der Waals surface area contributed by atoms with Gasteiger partial charge in [0.15, 0.2) is 0 Å². The number of halogens is 2. The number of nitrogens with one attached hydrogen (secondary N) is 1. The summed E-state index contributed by atoms with van der Waals surface area (Å²) in [5.41, 5.74) is 3.17. The molecule has 1 heterocycles. The molecule has 2 atom stereocenters. The van der Waals surface area contributed by atoms with Gasteiger partial charge in [0, 0.05) is 11.4 Å². The molecule has 4 nitrogen and oxygen atoms in total. The fourth-order valence-electron chi connectivity index (χ4n) is 3.43. The zero-order chi connectivity index (χ0) is 22.0. The molecule has 0 spiro atoms. The van der Waals surface area contributed by atoms with Gasteiger partial charge in [-0.05, 0) is 47.9 Å². The van der Waals surface area contributed by atoms with Gasteiger partial charge in [0.05, 0.1) is 5.75 Å². The second-order valence-corrected chi connectivity index (χ2v) is 8.75. The highest BCUT2D eigenvalue weighted by molar-refractivity contribution is 8.00. The maximum atomic E-state index is 14.1. The first-order valence-corrected chi connectivity index (χ1v) is 11.2. The van der Waals surface area contributed by atoms with Gasteiger partial charge in [-0.2, -0.15) is 0 Å². The van der Waals surface area contributed by atoms with Crippen LogP contribution >= 0.6 is 23.4 Å². The number of rotatable bonds is 5. The molecule has 1 fully saturated rings. The summed E-state index contributed by atoms with van der Waals surface area (Å²) in [6.07, 6.45) is 0. The fraction of sp³-hybridized carbons (Fsp3) is 0.167. The summed E-state index contributed by atoms with van der Waals surface area (Å²) in [4.78, 5) is 26.8. The first-order chi connectivity index (χ1) is 14.9. The molecule has 0 radical (unpaired) electrons. The van der Waals surface area contributed by atoms with Crippen molar-refractivity contribution in [1.82, 2.24) is 0 Å². The number of carbonyl (C=O) groups excluding carboxylic acids is 2. The predicted octanol–water partition coefficient (Wildman–Crippen LogP) is 5.83. The largest absolute Gasteiger partial charge is 0.324 e. The van der Waals surface area contributed by atoms with Crippen LogP contribution in [0.15, 0.2) is 72.8 Å². The van der Waals surface area contributed by atoms with Crippen molar-refractivity contribution >= 4 is 46.6 Å². The average molecular weight is 455 g/mol. The van der Waals surface area contributed by atoms with Gasteiger partial charge in [0.25, 0.3) is 0 Å². The smallest absolute Gasteiger partial charge is 0.246 e. The van der Waals surface area contributed by atoms with E-state index in [9.17, 15) is 14.0 Å². The quantitative estimate of drug-likeness (QED) is 0.493. The Morgan fingerprint density at radius 2 is 1.90 bits per heavy atom. The van der Waals surface area contributed by atoms with Gasteiger partial charge in [0.2, 0.25) is 11.8 Å². The molecule has 0 aliphatic carbocycles. The fourth-order valence-corrected chi connectivity index (χ4v) is 4.80. The van der Waals surface area contributed by atoms with Crippen LogP contribution in [-0.2, 0) is 9.59 Å². The first kappa shape index (κ1) is 21.4. The minimum atomic E-state index is -0.820. The van der Waals surface area contributed by atoms with E-state index < -0.39 is 5.38 Å². The number of hydrogen-bond acceptors (Lipinski definition) is 3. The van der Waals surface area contributed by atoms with Crippen LogP contribution < -0.4 is 10.2 Å². The van der Waals surface area contributed by atoms with E-state index in [4.69, 9.17) is 11.6 Å². The van der Waals surface area contributed by atoms with Crippen molar-refractivity contribution in [3.05, 3.63) is 95.3 Å². The number of nitrogens with zero attached hydrogens (tertiary/aromatic N) is 1. The number of thioether (sulfide) groups is 1. The van der Waals surface area contributed by atoms with E-state index in [-0.39, 0.29) is 23.0 Å². The van der Waals surface area contributed by atoms with E-state index in [1.54, 1.807) is 42.2 Å². The number of alkyl halides is 1. The zero-order valence-electron chi connectivity index (χ0n) is 16.7. The Kier molecular flexibility index (Phi) is 6.30. The Morgan fingerprint density at radius 1 is 1.13 bits per heavy atom. The summed E-state index contributed by atoms with van der Waals surface area (Å²) in [6, 6.07) is 21.2. The summed E-state index contributed by atoms with van der Waals surface area (Å²) in [7, 11) is 0. The number of anilines is 2. The molecule has 3 aromatic carbocycles. The van der Waals surface area contributed by atoms with E-state index in [0.29, 0.717) is 28.3 Å². The highest BCUT2D eigenvalue weighted by Crippen LogP contribution is 2.42. The summed E-state index contributed by atoms with van der Waals surface area (Å²) in [6.45, 7) is 1.68. The van der Waals surface area contributed by atoms with E-state index >= 15 is 0 Å². The van der Waals surface area contributed by atoms with Crippen LogP contribution in [0.3, 0.4) is 0 Å². The molecule has 2 amide bonds. The third-order valence-corrected chi connectivity index (χ3v) is 6.73. The second-order valence-electron chi connectivity index (χ2n) is 7.25. The van der Waals surface area contributed by atoms with Crippen LogP contribution in [0, 0.1) is 12.7 Å². The lowest BCUT2D eigenvalue weighted by atomic mass is 10.1. The van der Waals surface area contributed by atoms with Crippen molar-refractivity contribution in [3.63, 3.8) is 0 Å². The third kappa shape index (κ3) is 4.60. The zero-order valence-corrected chi connectivity index (χ0v) is 18.3. The van der Waals surface area contributed by atoms with Gasteiger partial charge in [-0.3, -0.25) is 14.5 Å². The van der Waals surface area contributed by atoms with Gasteiger partial charge >= 0.3 is 0 Å². The minimum Gasteiger partial charge on any atom is -0.324 e. The summed E-state index contributed by atoms with van der Waals surface area (Å²) < 4.78 is 14.1. The Morgan fingerprint density at radius 3 is 2.65 bits per heavy atom. The Hall–Kier alpha value is -2.83. The van der Waals surface area contributed by atoms with Crippen molar-refractivity contribution in [2.24, 2.45) is 0 Å². The van der Waals surface area contributed by atoms with E-state index in [1.807, 2.05) is 36.4 Å². The lowest BCUT2D eigenvalue weighted by Crippen LogP contribution is -2.28. The van der Waals surface area contributed by atoms with Gasteiger partial charge < -0.3 is 5.32 Å². The number of amides is 2. The monoisotopic (exact) mass is 454 g/mol. The minimum absolute atomic E-state index is 0.0856. The van der Waals surface area contributed by atoms with Crippen LogP contribution in [0.2, 0.25) is 0 Å². The highest BCUT2D eigenvalue weighted by atomic mass is 35.5. The Labute approximate surface area is 189 Å². The van der Waals surface area contributed by atoms with Crippen LogP contribution in [-0.4, -0.2) is 17.6 Å². The second kappa shape index (κ2) is 9.12. The molecular weight excluding hydrogens is 435 g/mol. The van der Waals surface area contributed by atoms with E-state index in [1.165, 1.54) is 17.8 Å². The third-order valence-electron chi connectivity index (χ3n) is 5.06. The van der Waals surface area contributed by atoms with Crippen molar-refractivity contribution in [2.45, 2.75) is 17.7 Å². The molecule has 7 heteroatoms. The van der Waals surface area contributed by atoms with E-state index in [2.05, 4.69) is 5.32 Å². The first-order valence-electron chi connectivity index (χ1n) is 9.73. The molecule has 0 unspecified atom stereocenters. The molecule has 4 rings (SSSR count). The Bertz CT molecular complexity index is 1130. The van der Waals surface area contributed by atoms with Crippen molar-refractivity contribution < 1.29 is 14.0 Å². The lowest BCUT2D eigenvalue weighted by Gasteiger charge is -2.25. The topological polar surface area (TPSA) is 49.4 Å². The maximum Gasteiger partial charge on any atom is 0.246 e. The normalized spacial score (nSPS) is 16.9. The molecule has 158 valence electrons. The maximum absolute atomic E-state index is 14.1.